The molecule has 0 radical (unpaired) electrons. The molecule has 0 bridgehead atoms. The number of ether oxygens (including phenoxy) is 1. The fraction of sp³-hybridized carbons (Fsp3) is 0.591. The molecule has 0 heterocycles. The third-order valence-corrected chi connectivity index (χ3v) is 4.11. The maximum atomic E-state index is 11.0. The van der Waals surface area contributed by atoms with Gasteiger partial charge in [-0.05, 0) is 26.2 Å². The van der Waals surface area contributed by atoms with Crippen LogP contribution >= 0.6 is 0 Å². The van der Waals surface area contributed by atoms with Crippen molar-refractivity contribution in [2.45, 2.75) is 76.6 Å². The second kappa shape index (κ2) is 15.4. The van der Waals surface area contributed by atoms with Gasteiger partial charge in [0.1, 0.15) is 0 Å². The number of carbonyl (C=O) groups excluding carboxylic acids is 1. The Bertz CT molecular complexity index is 503. The highest BCUT2D eigenvalue weighted by Crippen LogP contribution is 2.16. The van der Waals surface area contributed by atoms with Crippen LogP contribution in [0.25, 0.3) is 0 Å². The van der Waals surface area contributed by atoms with Gasteiger partial charge in [-0.25, -0.2) is 0 Å². The summed E-state index contributed by atoms with van der Waals surface area (Å²) in [5, 5.41) is 29.8. The molecule has 3 N–H and O–H groups in total. The van der Waals surface area contributed by atoms with Gasteiger partial charge in [-0.3, -0.25) is 4.79 Å². The lowest BCUT2D eigenvalue weighted by Crippen LogP contribution is -2.23. The third-order valence-electron chi connectivity index (χ3n) is 4.11. The van der Waals surface area contributed by atoms with E-state index in [2.05, 4.69) is 11.7 Å². The van der Waals surface area contributed by atoms with Crippen molar-refractivity contribution in [1.82, 2.24) is 0 Å². The lowest BCUT2D eigenvalue weighted by atomic mass is 9.98. The van der Waals surface area contributed by atoms with Gasteiger partial charge in [0, 0.05) is 6.42 Å². The standard InChI is InChI=1S/C22H36O5/c1-4-5-11-17-22(2,26)18-12-9-7-6-8-10-14-19(23)20(24)15-13-16-21(25)27-3/h6-10,12,14,18-20,23-24,26H,4-5,11,13,15-17H2,1-3H3/b8-6+,9-7+,14-10+,18-12-/t19-,20+,22?/m1/s1. The molecular formula is C22H36O5. The van der Waals surface area contributed by atoms with Crippen LogP contribution in [0.3, 0.4) is 0 Å². The fourth-order valence-corrected chi connectivity index (χ4v) is 2.37. The number of carbonyl (C=O) groups is 1. The predicted octanol–water partition coefficient (Wildman–Crippen LogP) is 3.61. The lowest BCUT2D eigenvalue weighted by molar-refractivity contribution is -0.140. The van der Waals surface area contributed by atoms with Crippen molar-refractivity contribution in [3.05, 3.63) is 48.6 Å². The van der Waals surface area contributed by atoms with E-state index in [1.54, 1.807) is 24.3 Å². The van der Waals surface area contributed by atoms with Gasteiger partial charge in [-0.15, -0.1) is 0 Å². The molecule has 0 fully saturated rings. The number of hydrogen-bond donors (Lipinski definition) is 3. The SMILES string of the molecule is CCCCCC(C)(O)\C=C/C=C/C=C/C=C/[C@@H](O)[C@@H](O)CCCC(=O)OC. The molecule has 0 aliphatic heterocycles. The quantitative estimate of drug-likeness (QED) is 0.243. The van der Waals surface area contributed by atoms with Gasteiger partial charge < -0.3 is 20.1 Å². The van der Waals surface area contributed by atoms with Gasteiger partial charge in [-0.1, -0.05) is 74.8 Å². The summed E-state index contributed by atoms with van der Waals surface area (Å²) in [5.41, 5.74) is -0.781. The van der Waals surface area contributed by atoms with E-state index < -0.39 is 17.8 Å². The van der Waals surface area contributed by atoms with Crippen molar-refractivity contribution in [2.24, 2.45) is 0 Å². The minimum atomic E-state index is -0.977. The van der Waals surface area contributed by atoms with Gasteiger partial charge in [0.2, 0.25) is 0 Å². The van der Waals surface area contributed by atoms with Gasteiger partial charge in [0.15, 0.2) is 0 Å². The van der Waals surface area contributed by atoms with Gasteiger partial charge >= 0.3 is 5.97 Å². The average molecular weight is 381 g/mol. The van der Waals surface area contributed by atoms with E-state index in [9.17, 15) is 20.1 Å². The molecule has 0 rings (SSSR count). The van der Waals surface area contributed by atoms with E-state index in [0.717, 1.165) is 25.7 Å². The summed E-state index contributed by atoms with van der Waals surface area (Å²) in [6.07, 6.45) is 17.1. The van der Waals surface area contributed by atoms with Crippen molar-refractivity contribution in [3.8, 4) is 0 Å². The first-order valence-corrected chi connectivity index (χ1v) is 9.67. The highest BCUT2D eigenvalue weighted by Gasteiger charge is 2.14. The van der Waals surface area contributed by atoms with E-state index in [0.29, 0.717) is 12.8 Å². The fourth-order valence-electron chi connectivity index (χ4n) is 2.37. The van der Waals surface area contributed by atoms with Crippen LogP contribution < -0.4 is 0 Å². The Balaban J connectivity index is 4.12. The Morgan fingerprint density at radius 1 is 1.04 bits per heavy atom. The Morgan fingerprint density at radius 3 is 2.30 bits per heavy atom. The molecular weight excluding hydrogens is 344 g/mol. The molecule has 0 spiro atoms. The van der Waals surface area contributed by atoms with Crippen molar-refractivity contribution >= 4 is 5.97 Å². The van der Waals surface area contributed by atoms with Gasteiger partial charge in [0.05, 0.1) is 24.9 Å². The van der Waals surface area contributed by atoms with E-state index in [1.807, 2.05) is 25.2 Å². The Labute approximate surface area is 163 Å². The van der Waals surface area contributed by atoms with Crippen molar-refractivity contribution < 1.29 is 24.9 Å². The molecule has 27 heavy (non-hydrogen) atoms. The first kappa shape index (κ1) is 25.3. The van der Waals surface area contributed by atoms with E-state index in [4.69, 9.17) is 0 Å². The molecule has 0 aromatic heterocycles. The number of allylic oxidation sites excluding steroid dienone is 6. The number of rotatable bonds is 14. The Morgan fingerprint density at radius 2 is 1.67 bits per heavy atom. The van der Waals surface area contributed by atoms with E-state index >= 15 is 0 Å². The molecule has 3 atom stereocenters. The molecule has 0 aliphatic carbocycles. The minimum Gasteiger partial charge on any atom is -0.469 e. The first-order valence-electron chi connectivity index (χ1n) is 9.67. The van der Waals surface area contributed by atoms with Crippen LogP contribution in [0.1, 0.15) is 58.8 Å². The molecule has 0 saturated heterocycles. The molecule has 0 aliphatic rings. The topological polar surface area (TPSA) is 87.0 Å². The highest BCUT2D eigenvalue weighted by atomic mass is 16.5. The second-order valence-corrected chi connectivity index (χ2v) is 6.85. The Hall–Kier alpha value is -1.69. The van der Waals surface area contributed by atoms with Crippen LogP contribution in [0.5, 0.6) is 0 Å². The first-order chi connectivity index (χ1) is 12.8. The van der Waals surface area contributed by atoms with Crippen molar-refractivity contribution in [2.75, 3.05) is 7.11 Å². The summed E-state index contributed by atoms with van der Waals surface area (Å²) in [5.74, 6) is -0.321. The zero-order valence-corrected chi connectivity index (χ0v) is 16.9. The molecule has 1 unspecified atom stereocenters. The zero-order chi connectivity index (χ0) is 20.5. The number of aliphatic hydroxyl groups is 3. The van der Waals surface area contributed by atoms with Gasteiger partial charge in [0.25, 0.3) is 0 Å². The smallest absolute Gasteiger partial charge is 0.305 e. The van der Waals surface area contributed by atoms with E-state index in [-0.39, 0.29) is 12.4 Å². The van der Waals surface area contributed by atoms with Crippen molar-refractivity contribution in [3.63, 3.8) is 0 Å². The number of unbranched alkanes of at least 4 members (excludes halogenated alkanes) is 2. The van der Waals surface area contributed by atoms with Crippen LogP contribution in [0.15, 0.2) is 48.6 Å². The normalized spacial score (nSPS) is 17.1. The monoisotopic (exact) mass is 380 g/mol. The van der Waals surface area contributed by atoms with Gasteiger partial charge in [-0.2, -0.15) is 0 Å². The maximum Gasteiger partial charge on any atom is 0.305 e. The summed E-state index contributed by atoms with van der Waals surface area (Å²) in [6, 6.07) is 0. The second-order valence-electron chi connectivity index (χ2n) is 6.85. The number of aliphatic hydroxyl groups excluding tert-OH is 2. The van der Waals surface area contributed by atoms with Crippen LogP contribution in [0, 0.1) is 0 Å². The number of esters is 1. The van der Waals surface area contributed by atoms with Crippen molar-refractivity contribution in [1.29, 1.82) is 0 Å². The molecule has 0 amide bonds. The third kappa shape index (κ3) is 15.1. The Kier molecular flexibility index (Phi) is 14.4. The van der Waals surface area contributed by atoms with Crippen LogP contribution in [0.4, 0.5) is 0 Å². The number of methoxy groups -OCH3 is 1. The largest absolute Gasteiger partial charge is 0.469 e. The molecule has 0 saturated carbocycles. The summed E-state index contributed by atoms with van der Waals surface area (Å²) >= 11 is 0. The maximum absolute atomic E-state index is 11.0. The summed E-state index contributed by atoms with van der Waals surface area (Å²) in [6.45, 7) is 3.95. The molecule has 154 valence electrons. The summed E-state index contributed by atoms with van der Waals surface area (Å²) in [7, 11) is 1.32. The van der Waals surface area contributed by atoms with E-state index in [1.165, 1.54) is 13.2 Å². The average Bonchev–Trinajstić information content (AvgIpc) is 2.63. The summed E-state index contributed by atoms with van der Waals surface area (Å²) in [4.78, 5) is 11.0. The summed E-state index contributed by atoms with van der Waals surface area (Å²) < 4.78 is 4.52. The number of hydrogen-bond acceptors (Lipinski definition) is 5. The highest BCUT2D eigenvalue weighted by molar-refractivity contribution is 5.68. The molecule has 5 heteroatoms. The molecule has 5 nitrogen and oxygen atoms in total. The molecule has 0 aromatic carbocycles. The zero-order valence-electron chi connectivity index (χ0n) is 16.9. The van der Waals surface area contributed by atoms with Crippen LogP contribution in [-0.2, 0) is 9.53 Å². The lowest BCUT2D eigenvalue weighted by Gasteiger charge is -2.18. The molecule has 0 aromatic rings. The van der Waals surface area contributed by atoms with Crippen LogP contribution in [-0.4, -0.2) is 46.2 Å². The minimum absolute atomic E-state index is 0.230. The predicted molar refractivity (Wildman–Crippen MR) is 109 cm³/mol. The van der Waals surface area contributed by atoms with Crippen LogP contribution in [0.2, 0.25) is 0 Å².